The van der Waals surface area contributed by atoms with E-state index in [9.17, 15) is 28.4 Å². The summed E-state index contributed by atoms with van der Waals surface area (Å²) in [6, 6.07) is 5.45. The zero-order valence-electron chi connectivity index (χ0n) is 15.0. The average molecular weight is 454 g/mol. The molecule has 0 fully saturated rings. The van der Waals surface area contributed by atoms with Crippen molar-refractivity contribution in [2.75, 3.05) is 5.01 Å². The van der Waals surface area contributed by atoms with Crippen LogP contribution in [0.2, 0.25) is 5.02 Å². The fourth-order valence-corrected chi connectivity index (χ4v) is 3.19. The number of phenols is 1. The minimum absolute atomic E-state index is 0.214. The maximum absolute atomic E-state index is 12.6. The lowest BCUT2D eigenvalue weighted by Crippen LogP contribution is -2.29. The van der Waals surface area contributed by atoms with Gasteiger partial charge >= 0.3 is 0 Å². The summed E-state index contributed by atoms with van der Waals surface area (Å²) < 4.78 is 31.3. The maximum atomic E-state index is 12.6. The molecule has 0 bridgehead atoms. The number of rotatable bonds is 5. The number of hydrogen-bond donors (Lipinski definition) is 2. The lowest BCUT2D eigenvalue weighted by Gasteiger charge is -2.12. The van der Waals surface area contributed by atoms with Crippen LogP contribution in [0.3, 0.4) is 0 Å². The number of anilines is 1. The van der Waals surface area contributed by atoms with Gasteiger partial charge in [-0.1, -0.05) is 11.6 Å². The Bertz CT molecular complexity index is 1210. The molecule has 1 aliphatic heterocycles. The highest BCUT2D eigenvalue weighted by atomic mass is 35.5. The number of benzene rings is 2. The Hall–Kier alpha value is -3.42. The number of halogens is 1. The van der Waals surface area contributed by atoms with E-state index in [4.69, 9.17) is 16.2 Å². The summed E-state index contributed by atoms with van der Waals surface area (Å²) in [7, 11) is -4.39. The van der Waals surface area contributed by atoms with Crippen LogP contribution in [0, 0.1) is 10.1 Å². The Labute approximate surface area is 174 Å². The van der Waals surface area contributed by atoms with Crippen LogP contribution < -0.4 is 5.01 Å². The molecule has 30 heavy (non-hydrogen) atoms. The number of carbonyl (C=O) groups excluding carboxylic acids is 1. The molecule has 2 N–H and O–H groups in total. The molecule has 12 nitrogen and oxygen atoms in total. The van der Waals surface area contributed by atoms with E-state index < -0.39 is 38.4 Å². The molecule has 0 aliphatic carbocycles. The third-order valence-electron chi connectivity index (χ3n) is 4.00. The summed E-state index contributed by atoms with van der Waals surface area (Å²) in [5.41, 5.74) is -0.273. The SMILES string of the molecule is CC1=NN(c2ccc(S(=O)(=O)O)cc2)C(=O)[C@H]1N=Nc1cc([N+](=O)[O-])cc(Cl)c1O. The molecule has 2 aromatic rings. The van der Waals surface area contributed by atoms with Gasteiger partial charge in [-0.25, -0.2) is 0 Å². The number of hydrogen-bond acceptors (Lipinski definition) is 9. The highest BCUT2D eigenvalue weighted by Crippen LogP contribution is 2.38. The summed E-state index contributed by atoms with van der Waals surface area (Å²) in [6.45, 7) is 1.49. The Morgan fingerprint density at radius 3 is 2.47 bits per heavy atom. The highest BCUT2D eigenvalue weighted by Gasteiger charge is 2.35. The third kappa shape index (κ3) is 4.12. The van der Waals surface area contributed by atoms with Gasteiger partial charge in [0.05, 0.1) is 26.2 Å². The molecule has 1 heterocycles. The molecular formula is C16H12ClN5O7S. The van der Waals surface area contributed by atoms with Crippen LogP contribution in [0.5, 0.6) is 5.75 Å². The molecule has 0 aromatic heterocycles. The first-order valence-electron chi connectivity index (χ1n) is 8.03. The molecule has 1 aliphatic rings. The standard InChI is InChI=1S/C16H12ClN5O7S/c1-8-14(19-18-13-7-10(22(25)26)6-12(17)15(13)23)16(24)21(20-8)9-2-4-11(5-3-9)30(27,28)29/h2-7,14,23H,1H3,(H,27,28,29)/t14-/m0/s1. The first kappa shape index (κ1) is 21.3. The van der Waals surface area contributed by atoms with Crippen molar-refractivity contribution in [2.45, 2.75) is 17.9 Å². The maximum Gasteiger partial charge on any atom is 0.294 e. The zero-order chi connectivity index (χ0) is 22.2. The second kappa shape index (κ2) is 7.78. The van der Waals surface area contributed by atoms with Gasteiger partial charge in [0.25, 0.3) is 21.7 Å². The number of nitrogens with zero attached hydrogens (tertiary/aromatic N) is 5. The lowest BCUT2D eigenvalue weighted by atomic mass is 10.2. The number of nitro groups is 1. The molecule has 1 atom stereocenters. The molecule has 0 saturated carbocycles. The monoisotopic (exact) mass is 453 g/mol. The number of azo groups is 1. The van der Waals surface area contributed by atoms with E-state index in [-0.39, 0.29) is 27.0 Å². The molecule has 2 aromatic carbocycles. The summed E-state index contributed by atoms with van der Waals surface area (Å²) in [4.78, 5) is 22.5. The normalized spacial score (nSPS) is 16.9. The summed E-state index contributed by atoms with van der Waals surface area (Å²) >= 11 is 5.75. The molecule has 0 saturated heterocycles. The number of phenolic OH excluding ortho intramolecular Hbond substituents is 1. The minimum Gasteiger partial charge on any atom is -0.504 e. The van der Waals surface area contributed by atoms with Gasteiger partial charge in [-0.2, -0.15) is 28.8 Å². The van der Waals surface area contributed by atoms with Gasteiger partial charge in [0.1, 0.15) is 5.69 Å². The van der Waals surface area contributed by atoms with E-state index in [1.54, 1.807) is 0 Å². The Kier molecular flexibility index (Phi) is 5.52. The second-order valence-electron chi connectivity index (χ2n) is 6.03. The topological polar surface area (TPSA) is 175 Å². The van der Waals surface area contributed by atoms with Crippen LogP contribution in [-0.4, -0.2) is 40.7 Å². The Morgan fingerprint density at radius 2 is 1.90 bits per heavy atom. The van der Waals surface area contributed by atoms with Gasteiger partial charge in [-0.05, 0) is 31.2 Å². The van der Waals surface area contributed by atoms with Crippen LogP contribution in [-0.2, 0) is 14.9 Å². The number of non-ortho nitro benzene ring substituents is 1. The second-order valence-corrected chi connectivity index (χ2v) is 7.86. The van der Waals surface area contributed by atoms with Crippen molar-refractivity contribution in [2.24, 2.45) is 15.3 Å². The largest absolute Gasteiger partial charge is 0.504 e. The molecule has 1 amide bonds. The van der Waals surface area contributed by atoms with Crippen molar-refractivity contribution in [3.8, 4) is 5.75 Å². The summed E-state index contributed by atoms with van der Waals surface area (Å²) in [6.07, 6.45) is 0. The molecule has 156 valence electrons. The van der Waals surface area contributed by atoms with Gasteiger partial charge in [-0.3, -0.25) is 19.5 Å². The van der Waals surface area contributed by atoms with Crippen molar-refractivity contribution in [3.63, 3.8) is 0 Å². The van der Waals surface area contributed by atoms with Crippen LogP contribution in [0.1, 0.15) is 6.92 Å². The Balaban J connectivity index is 1.87. The molecule has 0 unspecified atom stereocenters. The highest BCUT2D eigenvalue weighted by molar-refractivity contribution is 7.85. The van der Waals surface area contributed by atoms with Crippen molar-refractivity contribution in [3.05, 3.63) is 51.5 Å². The minimum atomic E-state index is -4.39. The fourth-order valence-electron chi connectivity index (χ4n) is 2.51. The van der Waals surface area contributed by atoms with Crippen molar-refractivity contribution in [1.29, 1.82) is 0 Å². The van der Waals surface area contributed by atoms with E-state index in [1.807, 2.05) is 0 Å². The number of carbonyl (C=O) groups is 1. The smallest absolute Gasteiger partial charge is 0.294 e. The first-order valence-corrected chi connectivity index (χ1v) is 9.85. The quantitative estimate of drug-likeness (QED) is 0.302. The van der Waals surface area contributed by atoms with E-state index in [0.29, 0.717) is 0 Å². The number of nitro benzene ring substituents is 1. The van der Waals surface area contributed by atoms with Gasteiger partial charge in [0.15, 0.2) is 11.8 Å². The summed E-state index contributed by atoms with van der Waals surface area (Å²) in [5.74, 6) is -1.17. The Morgan fingerprint density at radius 1 is 1.27 bits per heavy atom. The molecule has 0 radical (unpaired) electrons. The van der Waals surface area contributed by atoms with Gasteiger partial charge in [0, 0.05) is 12.1 Å². The van der Waals surface area contributed by atoms with Crippen molar-refractivity contribution in [1.82, 2.24) is 0 Å². The van der Waals surface area contributed by atoms with E-state index in [1.165, 1.54) is 19.1 Å². The fraction of sp³-hybridized carbons (Fsp3) is 0.125. The van der Waals surface area contributed by atoms with Crippen LogP contribution in [0.15, 0.2) is 56.6 Å². The predicted octanol–water partition coefficient (Wildman–Crippen LogP) is 3.08. The average Bonchev–Trinajstić information content (AvgIpc) is 2.96. The van der Waals surface area contributed by atoms with Crippen LogP contribution >= 0.6 is 11.6 Å². The number of amides is 1. The summed E-state index contributed by atoms with van der Waals surface area (Å²) in [5, 5.41) is 33.1. The van der Waals surface area contributed by atoms with Gasteiger partial charge in [0.2, 0.25) is 0 Å². The number of hydrazone groups is 1. The zero-order valence-corrected chi connectivity index (χ0v) is 16.6. The van der Waals surface area contributed by atoms with Crippen molar-refractivity contribution < 1.29 is 27.8 Å². The first-order chi connectivity index (χ1) is 14.0. The third-order valence-corrected chi connectivity index (χ3v) is 5.15. The predicted molar refractivity (Wildman–Crippen MR) is 105 cm³/mol. The van der Waals surface area contributed by atoms with Crippen LogP contribution in [0.25, 0.3) is 0 Å². The molecule has 14 heteroatoms. The lowest BCUT2D eigenvalue weighted by molar-refractivity contribution is -0.384. The molecule has 3 rings (SSSR count). The van der Waals surface area contributed by atoms with E-state index >= 15 is 0 Å². The van der Waals surface area contributed by atoms with E-state index in [2.05, 4.69) is 15.3 Å². The number of aromatic hydroxyl groups is 1. The van der Waals surface area contributed by atoms with Crippen molar-refractivity contribution >= 4 is 50.4 Å². The van der Waals surface area contributed by atoms with Gasteiger partial charge in [-0.15, -0.1) is 0 Å². The van der Waals surface area contributed by atoms with Crippen LogP contribution in [0.4, 0.5) is 17.1 Å². The molecule has 0 spiro atoms. The molecular weight excluding hydrogens is 442 g/mol. The van der Waals surface area contributed by atoms with E-state index in [0.717, 1.165) is 29.3 Å². The van der Waals surface area contributed by atoms with Gasteiger partial charge < -0.3 is 5.11 Å².